The van der Waals surface area contributed by atoms with Crippen LogP contribution in [0.2, 0.25) is 0 Å². The van der Waals surface area contributed by atoms with E-state index in [1.54, 1.807) is 0 Å². The van der Waals surface area contributed by atoms with Crippen LogP contribution in [0.25, 0.3) is 0 Å². The lowest BCUT2D eigenvalue weighted by molar-refractivity contribution is 0.350. The molecule has 5 nitrogen and oxygen atoms in total. The number of thiophene rings is 1. The van der Waals surface area contributed by atoms with Crippen LogP contribution in [0.1, 0.15) is 24.3 Å². The van der Waals surface area contributed by atoms with Gasteiger partial charge in [-0.05, 0) is 25.3 Å². The van der Waals surface area contributed by atoms with E-state index in [2.05, 4.69) is 16.6 Å². The van der Waals surface area contributed by atoms with Gasteiger partial charge in [0.25, 0.3) is 10.2 Å². The minimum absolute atomic E-state index is 0.102. The largest absolute Gasteiger partial charge is 0.384 e. The van der Waals surface area contributed by atoms with Gasteiger partial charge in [-0.3, -0.25) is 0 Å². The molecule has 0 aliphatic rings. The first-order valence-corrected chi connectivity index (χ1v) is 8.09. The molecule has 0 aliphatic carbocycles. The number of nitrogens with one attached hydrogen (secondary N) is 1. The van der Waals surface area contributed by atoms with Gasteiger partial charge in [-0.25, -0.2) is 0 Å². The first-order chi connectivity index (χ1) is 8.88. The summed E-state index contributed by atoms with van der Waals surface area (Å²) >= 11 is 1.43. The molecule has 0 unspecified atom stereocenters. The van der Waals surface area contributed by atoms with E-state index < -0.39 is 10.2 Å². The second-order valence-corrected chi connectivity index (χ2v) is 6.97. The lowest BCUT2D eigenvalue weighted by Gasteiger charge is -2.21. The summed E-state index contributed by atoms with van der Waals surface area (Å²) in [6.07, 6.45) is 0. The molecule has 0 saturated carbocycles. The van der Waals surface area contributed by atoms with Gasteiger partial charge >= 0.3 is 0 Å². The first kappa shape index (κ1) is 16.1. The van der Waals surface area contributed by atoms with Crippen molar-refractivity contribution in [1.29, 1.82) is 0 Å². The Bertz CT molecular complexity index is 567. The monoisotopic (exact) mass is 302 g/mol. The molecular weight excluding hydrogens is 284 g/mol. The summed E-state index contributed by atoms with van der Waals surface area (Å²) in [7, 11) is -1.94. The van der Waals surface area contributed by atoms with E-state index in [1.807, 2.05) is 25.3 Å². The van der Waals surface area contributed by atoms with E-state index in [4.69, 9.17) is 5.11 Å². The molecule has 0 atom stereocenters. The highest BCUT2D eigenvalue weighted by molar-refractivity contribution is 7.87. The van der Waals surface area contributed by atoms with Crippen molar-refractivity contribution in [3.05, 3.63) is 21.9 Å². The molecule has 0 fully saturated rings. The Hall–Kier alpha value is -0.910. The second kappa shape index (κ2) is 7.03. The van der Waals surface area contributed by atoms with Gasteiger partial charge in [0.1, 0.15) is 6.61 Å². The van der Waals surface area contributed by atoms with Gasteiger partial charge in [-0.15, -0.1) is 11.3 Å². The number of nitrogens with zero attached hydrogens (tertiary/aromatic N) is 1. The van der Waals surface area contributed by atoms with Crippen LogP contribution in [0.4, 0.5) is 0 Å². The molecule has 7 heteroatoms. The van der Waals surface area contributed by atoms with Gasteiger partial charge in [0.2, 0.25) is 0 Å². The van der Waals surface area contributed by atoms with Crippen LogP contribution in [0.5, 0.6) is 0 Å². The molecule has 0 radical (unpaired) electrons. The SMILES string of the molecule is CC(C)N(C)S(=O)(=O)NCc1sccc1C#CCO. The van der Waals surface area contributed by atoms with Crippen molar-refractivity contribution in [3.8, 4) is 11.8 Å². The zero-order valence-electron chi connectivity index (χ0n) is 11.2. The first-order valence-electron chi connectivity index (χ1n) is 5.77. The highest BCUT2D eigenvalue weighted by Gasteiger charge is 2.20. The third-order valence-corrected chi connectivity index (χ3v) is 5.18. The fourth-order valence-electron chi connectivity index (χ4n) is 1.26. The van der Waals surface area contributed by atoms with E-state index in [0.29, 0.717) is 0 Å². The summed E-state index contributed by atoms with van der Waals surface area (Å²) in [4.78, 5) is 0.835. The molecule has 1 aromatic rings. The van der Waals surface area contributed by atoms with Crippen molar-refractivity contribution in [2.24, 2.45) is 0 Å². The number of hydrogen-bond donors (Lipinski definition) is 2. The van der Waals surface area contributed by atoms with Crippen molar-refractivity contribution in [3.63, 3.8) is 0 Å². The molecule has 0 spiro atoms. The standard InChI is InChI=1S/C12H18N2O3S2/c1-10(2)14(3)19(16,17)13-9-12-11(5-4-7-15)6-8-18-12/h6,8,10,13,15H,7,9H2,1-3H3. The van der Waals surface area contributed by atoms with Crippen molar-refractivity contribution >= 4 is 21.5 Å². The smallest absolute Gasteiger partial charge is 0.279 e. The maximum Gasteiger partial charge on any atom is 0.279 e. The Balaban J connectivity index is 2.75. The van der Waals surface area contributed by atoms with Gasteiger partial charge in [-0.2, -0.15) is 17.4 Å². The molecule has 1 rings (SSSR count). The number of aliphatic hydroxyl groups excluding tert-OH is 1. The summed E-state index contributed by atoms with van der Waals surface area (Å²) in [6, 6.07) is 1.71. The van der Waals surface area contributed by atoms with Crippen LogP contribution in [0, 0.1) is 11.8 Å². The Morgan fingerprint density at radius 3 is 2.79 bits per heavy atom. The molecule has 19 heavy (non-hydrogen) atoms. The highest BCUT2D eigenvalue weighted by atomic mass is 32.2. The molecule has 2 N–H and O–H groups in total. The van der Waals surface area contributed by atoms with Crippen molar-refractivity contribution in [2.45, 2.75) is 26.4 Å². The Morgan fingerprint density at radius 2 is 2.21 bits per heavy atom. The zero-order chi connectivity index (χ0) is 14.5. The van der Waals surface area contributed by atoms with E-state index in [-0.39, 0.29) is 19.2 Å². The Morgan fingerprint density at radius 1 is 1.53 bits per heavy atom. The molecule has 1 heterocycles. The van der Waals surface area contributed by atoms with Crippen LogP contribution in [-0.2, 0) is 16.8 Å². The molecular formula is C12H18N2O3S2. The van der Waals surface area contributed by atoms with Crippen molar-refractivity contribution in [1.82, 2.24) is 9.03 Å². The average Bonchev–Trinajstić information content (AvgIpc) is 2.80. The average molecular weight is 302 g/mol. The van der Waals surface area contributed by atoms with Crippen molar-refractivity contribution in [2.75, 3.05) is 13.7 Å². The predicted molar refractivity (Wildman–Crippen MR) is 76.9 cm³/mol. The minimum Gasteiger partial charge on any atom is -0.384 e. The minimum atomic E-state index is -3.48. The van der Waals surface area contributed by atoms with Crippen LogP contribution in [0.15, 0.2) is 11.4 Å². The fourth-order valence-corrected chi connectivity index (χ4v) is 3.21. The molecule has 0 aliphatic heterocycles. The van der Waals surface area contributed by atoms with Crippen LogP contribution in [-0.4, -0.2) is 37.5 Å². The summed E-state index contributed by atoms with van der Waals surface area (Å²) in [5, 5.41) is 10.5. The zero-order valence-corrected chi connectivity index (χ0v) is 12.8. The molecule has 0 bridgehead atoms. The van der Waals surface area contributed by atoms with Crippen molar-refractivity contribution < 1.29 is 13.5 Å². The quantitative estimate of drug-likeness (QED) is 0.789. The lowest BCUT2D eigenvalue weighted by atomic mass is 10.2. The van der Waals surface area contributed by atoms with Crippen LogP contribution >= 0.6 is 11.3 Å². The Labute approximate surface area is 118 Å². The summed E-state index contributed by atoms with van der Waals surface area (Å²) in [6.45, 7) is 3.61. The van der Waals surface area contributed by atoms with E-state index in [9.17, 15) is 8.42 Å². The van der Waals surface area contributed by atoms with Crippen LogP contribution < -0.4 is 4.72 Å². The highest BCUT2D eigenvalue weighted by Crippen LogP contribution is 2.16. The van der Waals surface area contributed by atoms with E-state index in [1.165, 1.54) is 22.7 Å². The molecule has 1 aromatic heterocycles. The van der Waals surface area contributed by atoms with Gasteiger partial charge in [-0.1, -0.05) is 11.8 Å². The predicted octanol–water partition coefficient (Wildman–Crippen LogP) is 0.767. The summed E-state index contributed by atoms with van der Waals surface area (Å²) < 4.78 is 27.7. The summed E-state index contributed by atoms with van der Waals surface area (Å²) in [5.74, 6) is 5.35. The van der Waals surface area contributed by atoms with Gasteiger partial charge in [0.15, 0.2) is 0 Å². The number of hydrogen-bond acceptors (Lipinski definition) is 4. The lowest BCUT2D eigenvalue weighted by Crippen LogP contribution is -2.41. The fraction of sp³-hybridized carbons (Fsp3) is 0.500. The Kier molecular flexibility index (Phi) is 5.97. The third-order valence-electron chi connectivity index (χ3n) is 2.57. The number of rotatable bonds is 5. The third kappa shape index (κ3) is 4.60. The van der Waals surface area contributed by atoms with Crippen LogP contribution in [0.3, 0.4) is 0 Å². The van der Waals surface area contributed by atoms with E-state index >= 15 is 0 Å². The molecule has 0 saturated heterocycles. The van der Waals surface area contributed by atoms with Gasteiger partial charge in [0, 0.05) is 30.1 Å². The molecule has 106 valence electrons. The van der Waals surface area contributed by atoms with Gasteiger partial charge < -0.3 is 5.11 Å². The summed E-state index contributed by atoms with van der Waals surface area (Å²) in [5.41, 5.74) is 0.744. The second-order valence-electron chi connectivity index (χ2n) is 4.15. The number of aliphatic hydroxyl groups is 1. The topological polar surface area (TPSA) is 69.6 Å². The van der Waals surface area contributed by atoms with Gasteiger partial charge in [0.05, 0.1) is 0 Å². The van der Waals surface area contributed by atoms with E-state index in [0.717, 1.165) is 10.4 Å². The molecule has 0 aromatic carbocycles. The molecule has 0 amide bonds. The maximum absolute atomic E-state index is 11.9. The maximum atomic E-state index is 11.9. The normalized spacial score (nSPS) is 11.7.